The zero-order valence-corrected chi connectivity index (χ0v) is 17.9. The third kappa shape index (κ3) is 4.36. The highest BCUT2D eigenvalue weighted by molar-refractivity contribution is 5.82. The van der Waals surface area contributed by atoms with Gasteiger partial charge < -0.3 is 9.84 Å². The minimum atomic E-state index is -1.04. The van der Waals surface area contributed by atoms with Gasteiger partial charge in [0.05, 0.1) is 11.2 Å². The van der Waals surface area contributed by atoms with Gasteiger partial charge in [-0.2, -0.15) is 0 Å². The molecule has 0 saturated heterocycles. The highest BCUT2D eigenvalue weighted by Crippen LogP contribution is 2.36. The molecule has 5 rings (SSSR count). The Hall–Kier alpha value is -4.16. The summed E-state index contributed by atoms with van der Waals surface area (Å²) in [5, 5.41) is 9.70. The molecule has 34 heavy (non-hydrogen) atoms. The second-order valence-electron chi connectivity index (χ2n) is 7.96. The molecule has 1 aliphatic rings. The molecule has 0 saturated carbocycles. The van der Waals surface area contributed by atoms with Crippen molar-refractivity contribution >= 4 is 41.2 Å². The van der Waals surface area contributed by atoms with Crippen molar-refractivity contribution in [3.8, 4) is 0 Å². The Bertz CT molecular complexity index is 1480. The van der Waals surface area contributed by atoms with E-state index in [9.17, 15) is 18.7 Å². The fraction of sp³-hybridized carbons (Fsp3) is 0.0714. The number of carboxylic acids is 1. The molecule has 1 atom stereocenters. The van der Waals surface area contributed by atoms with Crippen LogP contribution in [0.4, 0.5) is 8.78 Å². The van der Waals surface area contributed by atoms with E-state index in [0.717, 1.165) is 39.9 Å². The van der Waals surface area contributed by atoms with Crippen LogP contribution in [0.2, 0.25) is 0 Å². The molecule has 4 nitrogen and oxygen atoms in total. The Morgan fingerprint density at radius 2 is 1.68 bits per heavy atom. The highest BCUT2D eigenvalue weighted by Gasteiger charge is 2.23. The van der Waals surface area contributed by atoms with Gasteiger partial charge in [-0.3, -0.25) is 0 Å². The predicted molar refractivity (Wildman–Crippen MR) is 128 cm³/mol. The van der Waals surface area contributed by atoms with Crippen molar-refractivity contribution in [3.63, 3.8) is 0 Å². The first-order valence-corrected chi connectivity index (χ1v) is 10.7. The Balaban J connectivity index is 1.50. The summed E-state index contributed by atoms with van der Waals surface area (Å²) in [5.74, 6) is -2.88. The van der Waals surface area contributed by atoms with Gasteiger partial charge in [0.25, 0.3) is 0 Å². The Morgan fingerprint density at radius 1 is 0.912 bits per heavy atom. The molecule has 0 bridgehead atoms. The van der Waals surface area contributed by atoms with Crippen LogP contribution in [-0.4, -0.2) is 22.7 Å². The third-order valence-corrected chi connectivity index (χ3v) is 5.69. The maximum Gasteiger partial charge on any atom is 0.329 e. The van der Waals surface area contributed by atoms with Gasteiger partial charge in [0.2, 0.25) is 0 Å². The van der Waals surface area contributed by atoms with Crippen LogP contribution >= 0.6 is 0 Å². The highest BCUT2D eigenvalue weighted by atomic mass is 19.2. The number of fused-ring (bicyclic) bond motifs is 3. The lowest BCUT2D eigenvalue weighted by Gasteiger charge is -2.20. The van der Waals surface area contributed by atoms with Crippen molar-refractivity contribution in [1.82, 2.24) is 4.98 Å². The number of benzene rings is 3. The fourth-order valence-corrected chi connectivity index (χ4v) is 4.07. The first-order valence-electron chi connectivity index (χ1n) is 10.7. The van der Waals surface area contributed by atoms with Gasteiger partial charge in [-0.15, -0.1) is 0 Å². The Morgan fingerprint density at radius 3 is 2.50 bits per heavy atom. The molecule has 0 amide bonds. The van der Waals surface area contributed by atoms with Gasteiger partial charge in [-0.25, -0.2) is 18.6 Å². The number of rotatable bonds is 5. The molecule has 1 unspecified atom stereocenters. The molecule has 0 aliphatic heterocycles. The average Bonchev–Trinajstić information content (AvgIpc) is 2.98. The average molecular weight is 455 g/mol. The Kier molecular flexibility index (Phi) is 5.74. The van der Waals surface area contributed by atoms with Crippen LogP contribution < -0.4 is 0 Å². The van der Waals surface area contributed by atoms with Crippen molar-refractivity contribution in [2.75, 3.05) is 6.61 Å². The standard InChI is InChI=1S/C28H19F2NO3/c29-24-14-20-10-12-21(31-26(20)15-25(24)30)11-6-17-5-7-19-9-8-18-3-1-2-4-22(18)28(23(19)13-17)34-16-27(32)33/h1-15,28H,16H2,(H,32,33). The molecule has 0 fully saturated rings. The van der Waals surface area contributed by atoms with E-state index in [1.807, 2.05) is 60.7 Å². The van der Waals surface area contributed by atoms with E-state index in [4.69, 9.17) is 4.74 Å². The first kappa shape index (κ1) is 21.7. The normalized spacial score (nSPS) is 14.7. The van der Waals surface area contributed by atoms with Crippen molar-refractivity contribution in [1.29, 1.82) is 0 Å². The summed E-state index contributed by atoms with van der Waals surface area (Å²) in [6.45, 7) is -0.420. The smallest absolute Gasteiger partial charge is 0.329 e. The maximum absolute atomic E-state index is 13.6. The van der Waals surface area contributed by atoms with Crippen LogP contribution in [0.1, 0.15) is 39.6 Å². The lowest BCUT2D eigenvalue weighted by atomic mass is 9.94. The molecule has 0 radical (unpaired) electrons. The van der Waals surface area contributed by atoms with E-state index in [0.29, 0.717) is 16.6 Å². The van der Waals surface area contributed by atoms with Crippen LogP contribution in [0.15, 0.2) is 66.7 Å². The summed E-state index contributed by atoms with van der Waals surface area (Å²) in [7, 11) is 0. The van der Waals surface area contributed by atoms with E-state index >= 15 is 0 Å². The fourth-order valence-electron chi connectivity index (χ4n) is 4.07. The van der Waals surface area contributed by atoms with Crippen molar-refractivity contribution in [3.05, 3.63) is 112 Å². The lowest BCUT2D eigenvalue weighted by molar-refractivity contribution is -0.143. The van der Waals surface area contributed by atoms with E-state index in [2.05, 4.69) is 4.98 Å². The minimum absolute atomic E-state index is 0.367. The Labute approximate surface area is 194 Å². The van der Waals surface area contributed by atoms with Gasteiger partial charge in [0.1, 0.15) is 12.7 Å². The number of hydrogen-bond donors (Lipinski definition) is 1. The molecular weight excluding hydrogens is 436 g/mol. The van der Waals surface area contributed by atoms with E-state index in [1.54, 1.807) is 18.2 Å². The molecule has 1 heterocycles. The van der Waals surface area contributed by atoms with Crippen LogP contribution in [0.25, 0.3) is 35.2 Å². The van der Waals surface area contributed by atoms with Gasteiger partial charge in [0, 0.05) is 11.5 Å². The van der Waals surface area contributed by atoms with E-state index < -0.39 is 30.3 Å². The summed E-state index contributed by atoms with van der Waals surface area (Å²) >= 11 is 0. The zero-order valence-electron chi connectivity index (χ0n) is 17.9. The zero-order chi connectivity index (χ0) is 23.7. The molecule has 3 aromatic carbocycles. The number of hydrogen-bond acceptors (Lipinski definition) is 3. The summed E-state index contributed by atoms with van der Waals surface area (Å²) in [5.41, 5.74) is 5.48. The van der Waals surface area contributed by atoms with Crippen LogP contribution in [-0.2, 0) is 9.53 Å². The van der Waals surface area contributed by atoms with E-state index in [-0.39, 0.29) is 0 Å². The summed E-state index contributed by atoms with van der Waals surface area (Å²) < 4.78 is 32.9. The number of aromatic nitrogens is 1. The first-order chi connectivity index (χ1) is 16.5. The monoisotopic (exact) mass is 455 g/mol. The minimum Gasteiger partial charge on any atom is -0.480 e. The van der Waals surface area contributed by atoms with Crippen molar-refractivity contribution in [2.45, 2.75) is 6.10 Å². The number of pyridine rings is 1. The summed E-state index contributed by atoms with van der Waals surface area (Å²) in [6, 6.07) is 19.2. The number of carboxylic acid groups (broad SMARTS) is 1. The largest absolute Gasteiger partial charge is 0.480 e. The summed E-state index contributed by atoms with van der Waals surface area (Å²) in [4.78, 5) is 15.6. The molecule has 0 spiro atoms. The predicted octanol–water partition coefficient (Wildman–Crippen LogP) is 6.36. The van der Waals surface area contributed by atoms with Crippen LogP contribution in [0.5, 0.6) is 0 Å². The number of ether oxygens (including phenoxy) is 1. The van der Waals surface area contributed by atoms with E-state index in [1.165, 1.54) is 0 Å². The SMILES string of the molecule is O=C(O)COC1c2ccccc2C=Cc2ccc(C=Cc3ccc4cc(F)c(F)cc4n3)cc21. The topological polar surface area (TPSA) is 59.4 Å². The van der Waals surface area contributed by atoms with Crippen molar-refractivity contribution < 1.29 is 23.4 Å². The summed E-state index contributed by atoms with van der Waals surface area (Å²) in [6.07, 6.45) is 7.10. The number of halogens is 2. The number of carbonyl (C=O) groups is 1. The molecule has 1 N–H and O–H groups in total. The van der Waals surface area contributed by atoms with Crippen molar-refractivity contribution in [2.24, 2.45) is 0 Å². The quantitative estimate of drug-likeness (QED) is 0.381. The lowest BCUT2D eigenvalue weighted by Crippen LogP contribution is -2.14. The molecule has 168 valence electrons. The van der Waals surface area contributed by atoms with Gasteiger partial charge in [-0.1, -0.05) is 60.7 Å². The number of aliphatic carboxylic acids is 1. The van der Waals surface area contributed by atoms with Crippen LogP contribution in [0.3, 0.4) is 0 Å². The maximum atomic E-state index is 13.6. The van der Waals surface area contributed by atoms with Crippen LogP contribution in [0, 0.1) is 11.6 Å². The van der Waals surface area contributed by atoms with Gasteiger partial charge in [-0.05, 0) is 52.1 Å². The van der Waals surface area contributed by atoms with Gasteiger partial charge in [0.15, 0.2) is 11.6 Å². The molecule has 1 aliphatic carbocycles. The third-order valence-electron chi connectivity index (χ3n) is 5.69. The second kappa shape index (κ2) is 9.00. The molecule has 1 aromatic heterocycles. The van der Waals surface area contributed by atoms with Gasteiger partial charge >= 0.3 is 5.97 Å². The second-order valence-corrected chi connectivity index (χ2v) is 7.96. The molecule has 6 heteroatoms. The molecule has 4 aromatic rings. The molecular formula is C28H19F2NO3. The number of nitrogens with zero attached hydrogens (tertiary/aromatic N) is 1.